The van der Waals surface area contributed by atoms with Gasteiger partial charge in [-0.2, -0.15) is 0 Å². The number of carbonyl (C=O) groups excluding carboxylic acids is 2. The van der Waals surface area contributed by atoms with Crippen molar-refractivity contribution in [3.8, 4) is 0 Å². The quantitative estimate of drug-likeness (QED) is 0.874. The molecule has 4 rings (SSSR count). The zero-order chi connectivity index (χ0) is 18.8. The SMILES string of the molecule is O=C(C1CCC(=O)N(C2CCCC2)C1)N1CCC(c2cc(=O)[nH]cn2)CC1. The van der Waals surface area contributed by atoms with Crippen LogP contribution < -0.4 is 5.56 Å². The second-order valence-electron chi connectivity index (χ2n) is 8.16. The number of rotatable bonds is 3. The standard InChI is InChI=1S/C20H28N4O3/c25-18-11-17(21-13-22-18)14-7-9-23(10-8-14)20(27)15-5-6-19(26)24(12-15)16-3-1-2-4-16/h11,13-16H,1-10,12H2,(H,21,22,25). The fourth-order valence-corrected chi connectivity index (χ4v) is 4.90. The molecule has 1 N–H and O–H groups in total. The Morgan fingerprint density at radius 3 is 2.52 bits per heavy atom. The first-order chi connectivity index (χ1) is 13.1. The second-order valence-corrected chi connectivity index (χ2v) is 8.16. The van der Waals surface area contributed by atoms with Gasteiger partial charge in [0.2, 0.25) is 11.8 Å². The van der Waals surface area contributed by atoms with E-state index in [0.29, 0.717) is 38.5 Å². The van der Waals surface area contributed by atoms with Gasteiger partial charge < -0.3 is 14.8 Å². The zero-order valence-corrected chi connectivity index (χ0v) is 15.7. The van der Waals surface area contributed by atoms with Gasteiger partial charge in [0.15, 0.2) is 0 Å². The molecule has 2 amide bonds. The number of piperidine rings is 2. The number of amides is 2. The average Bonchev–Trinajstić information content (AvgIpc) is 3.22. The number of H-pyrrole nitrogens is 1. The summed E-state index contributed by atoms with van der Waals surface area (Å²) in [7, 11) is 0. The monoisotopic (exact) mass is 372 g/mol. The number of nitrogens with one attached hydrogen (secondary N) is 1. The van der Waals surface area contributed by atoms with Gasteiger partial charge in [0.25, 0.3) is 5.56 Å². The maximum absolute atomic E-state index is 13.0. The van der Waals surface area contributed by atoms with Gasteiger partial charge >= 0.3 is 0 Å². The highest BCUT2D eigenvalue weighted by Crippen LogP contribution is 2.31. The van der Waals surface area contributed by atoms with Gasteiger partial charge in [0.05, 0.1) is 17.9 Å². The fourth-order valence-electron chi connectivity index (χ4n) is 4.90. The van der Waals surface area contributed by atoms with Crippen LogP contribution in [0.2, 0.25) is 0 Å². The van der Waals surface area contributed by atoms with Gasteiger partial charge in [0, 0.05) is 44.1 Å². The number of likely N-dealkylation sites (tertiary alicyclic amines) is 2. The summed E-state index contributed by atoms with van der Waals surface area (Å²) in [5.74, 6) is 0.602. The average molecular weight is 372 g/mol. The summed E-state index contributed by atoms with van der Waals surface area (Å²) < 4.78 is 0. The predicted molar refractivity (Wildman–Crippen MR) is 100 cm³/mol. The van der Waals surface area contributed by atoms with Gasteiger partial charge in [-0.1, -0.05) is 12.8 Å². The third-order valence-electron chi connectivity index (χ3n) is 6.48. The minimum Gasteiger partial charge on any atom is -0.342 e. The van der Waals surface area contributed by atoms with Crippen molar-refractivity contribution in [1.82, 2.24) is 19.8 Å². The molecule has 1 aliphatic carbocycles. The molecular formula is C20H28N4O3. The molecule has 0 bridgehead atoms. The number of aromatic amines is 1. The van der Waals surface area contributed by atoms with E-state index >= 15 is 0 Å². The van der Waals surface area contributed by atoms with E-state index in [-0.39, 0.29) is 29.2 Å². The van der Waals surface area contributed by atoms with Gasteiger partial charge in [-0.05, 0) is 32.1 Å². The van der Waals surface area contributed by atoms with Crippen LogP contribution in [-0.4, -0.2) is 57.3 Å². The molecule has 3 fully saturated rings. The van der Waals surface area contributed by atoms with Crippen molar-refractivity contribution in [3.63, 3.8) is 0 Å². The van der Waals surface area contributed by atoms with Gasteiger partial charge in [-0.25, -0.2) is 4.98 Å². The van der Waals surface area contributed by atoms with E-state index in [1.165, 1.54) is 19.2 Å². The fraction of sp³-hybridized carbons (Fsp3) is 0.700. The Kier molecular flexibility index (Phi) is 5.27. The summed E-state index contributed by atoms with van der Waals surface area (Å²) in [4.78, 5) is 47.6. The van der Waals surface area contributed by atoms with Crippen molar-refractivity contribution >= 4 is 11.8 Å². The van der Waals surface area contributed by atoms with Crippen molar-refractivity contribution in [2.24, 2.45) is 5.92 Å². The van der Waals surface area contributed by atoms with E-state index < -0.39 is 0 Å². The molecule has 0 radical (unpaired) electrons. The van der Waals surface area contributed by atoms with Crippen LogP contribution >= 0.6 is 0 Å². The molecule has 1 atom stereocenters. The Balaban J connectivity index is 1.35. The maximum Gasteiger partial charge on any atom is 0.250 e. The van der Waals surface area contributed by atoms with Crippen molar-refractivity contribution in [2.75, 3.05) is 19.6 Å². The zero-order valence-electron chi connectivity index (χ0n) is 15.7. The second kappa shape index (κ2) is 7.82. The highest BCUT2D eigenvalue weighted by atomic mass is 16.2. The molecule has 1 aromatic rings. The van der Waals surface area contributed by atoms with Crippen LogP contribution in [0.1, 0.15) is 63.0 Å². The molecular weight excluding hydrogens is 344 g/mol. The van der Waals surface area contributed by atoms with Crippen LogP contribution in [0.25, 0.3) is 0 Å². The minimum absolute atomic E-state index is 0.0578. The summed E-state index contributed by atoms with van der Waals surface area (Å²) in [6.07, 6.45) is 8.85. The lowest BCUT2D eigenvalue weighted by Gasteiger charge is -2.39. The molecule has 7 heteroatoms. The number of hydrogen-bond acceptors (Lipinski definition) is 4. The lowest BCUT2D eigenvalue weighted by atomic mass is 9.90. The number of nitrogens with zero attached hydrogens (tertiary/aromatic N) is 3. The van der Waals surface area contributed by atoms with Crippen molar-refractivity contribution in [3.05, 3.63) is 28.4 Å². The van der Waals surface area contributed by atoms with Crippen molar-refractivity contribution in [2.45, 2.75) is 63.3 Å². The largest absolute Gasteiger partial charge is 0.342 e. The first-order valence-corrected chi connectivity index (χ1v) is 10.2. The normalized spacial score (nSPS) is 25.2. The smallest absolute Gasteiger partial charge is 0.250 e. The Hall–Kier alpha value is -2.18. The Morgan fingerprint density at radius 2 is 1.81 bits per heavy atom. The summed E-state index contributed by atoms with van der Waals surface area (Å²) in [6.45, 7) is 2.00. The molecule has 7 nitrogen and oxygen atoms in total. The van der Waals surface area contributed by atoms with E-state index in [1.807, 2.05) is 9.80 Å². The van der Waals surface area contributed by atoms with Crippen LogP contribution in [0.4, 0.5) is 0 Å². The molecule has 0 aromatic carbocycles. The van der Waals surface area contributed by atoms with Crippen LogP contribution in [-0.2, 0) is 9.59 Å². The minimum atomic E-state index is -0.127. The number of hydrogen-bond donors (Lipinski definition) is 1. The molecule has 146 valence electrons. The molecule has 2 saturated heterocycles. The van der Waals surface area contributed by atoms with E-state index in [2.05, 4.69) is 9.97 Å². The Labute approximate surface area is 159 Å². The highest BCUT2D eigenvalue weighted by Gasteiger charge is 2.37. The van der Waals surface area contributed by atoms with Gasteiger partial charge in [-0.3, -0.25) is 14.4 Å². The van der Waals surface area contributed by atoms with Crippen molar-refractivity contribution < 1.29 is 9.59 Å². The number of carbonyl (C=O) groups is 2. The van der Waals surface area contributed by atoms with Crippen molar-refractivity contribution in [1.29, 1.82) is 0 Å². The topological polar surface area (TPSA) is 86.4 Å². The lowest BCUT2D eigenvalue weighted by Crippen LogP contribution is -2.51. The molecule has 2 aliphatic heterocycles. The van der Waals surface area contributed by atoms with E-state index in [0.717, 1.165) is 31.4 Å². The van der Waals surface area contributed by atoms with Gasteiger partial charge in [-0.15, -0.1) is 0 Å². The molecule has 1 aromatic heterocycles. The summed E-state index contributed by atoms with van der Waals surface area (Å²) in [6, 6.07) is 1.91. The molecule has 1 unspecified atom stereocenters. The Bertz CT molecular complexity index is 748. The third kappa shape index (κ3) is 3.92. The first kappa shape index (κ1) is 18.2. The molecule has 3 aliphatic rings. The van der Waals surface area contributed by atoms with Gasteiger partial charge in [0.1, 0.15) is 0 Å². The molecule has 1 saturated carbocycles. The molecule has 0 spiro atoms. The molecule has 3 heterocycles. The first-order valence-electron chi connectivity index (χ1n) is 10.2. The van der Waals surface area contributed by atoms with E-state index in [1.54, 1.807) is 6.07 Å². The highest BCUT2D eigenvalue weighted by molar-refractivity contribution is 5.84. The van der Waals surface area contributed by atoms with Crippen LogP contribution in [0.3, 0.4) is 0 Å². The maximum atomic E-state index is 13.0. The molecule has 27 heavy (non-hydrogen) atoms. The summed E-state index contributed by atoms with van der Waals surface area (Å²) in [5, 5.41) is 0. The lowest BCUT2D eigenvalue weighted by molar-refractivity contribution is -0.145. The van der Waals surface area contributed by atoms with E-state index in [4.69, 9.17) is 0 Å². The number of aromatic nitrogens is 2. The summed E-state index contributed by atoms with van der Waals surface area (Å²) >= 11 is 0. The van der Waals surface area contributed by atoms with Crippen LogP contribution in [0.15, 0.2) is 17.2 Å². The third-order valence-corrected chi connectivity index (χ3v) is 6.48. The van der Waals surface area contributed by atoms with E-state index in [9.17, 15) is 14.4 Å². The Morgan fingerprint density at radius 1 is 1.07 bits per heavy atom. The van der Waals surface area contributed by atoms with Crippen LogP contribution in [0.5, 0.6) is 0 Å². The van der Waals surface area contributed by atoms with Crippen LogP contribution in [0, 0.1) is 5.92 Å². The predicted octanol–water partition coefficient (Wildman–Crippen LogP) is 1.66. The summed E-state index contributed by atoms with van der Waals surface area (Å²) in [5.41, 5.74) is 0.693.